The van der Waals surface area contributed by atoms with E-state index in [0.29, 0.717) is 33.5 Å². The van der Waals surface area contributed by atoms with Crippen molar-refractivity contribution >= 4 is 44.6 Å². The number of fused-ring (bicyclic) bond motifs is 13. The van der Waals surface area contributed by atoms with E-state index in [9.17, 15) is 2.74 Å². The summed E-state index contributed by atoms with van der Waals surface area (Å²) in [5, 5.41) is 0.690. The van der Waals surface area contributed by atoms with E-state index >= 15 is 0 Å². The Bertz CT molecular complexity index is 5430. The average molecular weight is 1390 g/mol. The van der Waals surface area contributed by atoms with Crippen LogP contribution in [0.3, 0.4) is 0 Å². The van der Waals surface area contributed by atoms with Gasteiger partial charge in [0.05, 0.1) is 10.9 Å². The molecular weight excluding hydrogens is 1320 g/mol. The van der Waals surface area contributed by atoms with Crippen LogP contribution in [-0.4, -0.2) is 9.55 Å². The summed E-state index contributed by atoms with van der Waals surface area (Å²) in [6.07, 6.45) is 1.53. The number of rotatable bonds is 8. The summed E-state index contributed by atoms with van der Waals surface area (Å²) in [6.45, 7) is 19.6. The second-order valence-corrected chi connectivity index (χ2v) is 27.6. The van der Waals surface area contributed by atoms with Crippen LogP contribution in [0.1, 0.15) is 116 Å². The van der Waals surface area contributed by atoms with E-state index in [2.05, 4.69) is 243 Å². The molecule has 0 saturated heterocycles. The van der Waals surface area contributed by atoms with E-state index in [0.717, 1.165) is 67.5 Å². The monoisotopic (exact) mass is 1390 g/mol. The van der Waals surface area contributed by atoms with Gasteiger partial charge in [0.1, 0.15) is 17.3 Å². The molecule has 4 heterocycles. The molecule has 0 fully saturated rings. The Morgan fingerprint density at radius 2 is 1.09 bits per heavy atom. The van der Waals surface area contributed by atoms with Crippen molar-refractivity contribution in [2.45, 2.75) is 90.8 Å². The van der Waals surface area contributed by atoms with Crippen LogP contribution in [0, 0.1) is 25.7 Å². The van der Waals surface area contributed by atoms with Gasteiger partial charge >= 0.3 is 0 Å². The molecule has 0 atom stereocenters. The molecular formula is C86H71N4O2Pt-3. The summed E-state index contributed by atoms with van der Waals surface area (Å²) in [5.41, 5.74) is 18.8. The van der Waals surface area contributed by atoms with Gasteiger partial charge in [-0.2, -0.15) is 12.1 Å². The number of nitrogens with zero attached hydrogens (tertiary/aromatic N) is 4. The van der Waals surface area contributed by atoms with Crippen molar-refractivity contribution in [2.24, 2.45) is 0 Å². The van der Waals surface area contributed by atoms with Gasteiger partial charge in [-0.15, -0.1) is 48.1 Å². The number of hydrogen-bond donors (Lipinski definition) is 0. The van der Waals surface area contributed by atoms with Gasteiger partial charge in [-0.3, -0.25) is 0 Å². The van der Waals surface area contributed by atoms with Crippen molar-refractivity contribution in [1.82, 2.24) is 9.55 Å². The molecule has 13 aromatic rings. The normalized spacial score (nSPS) is 14.9. The van der Waals surface area contributed by atoms with Crippen LogP contribution in [0.4, 0.5) is 22.7 Å². The Hall–Kier alpha value is -9.74. The first-order valence-electron chi connectivity index (χ1n) is 35.0. The topological polar surface area (TPSA) is 42.8 Å². The molecule has 0 amide bonds. The molecule has 1 aliphatic carbocycles. The van der Waals surface area contributed by atoms with E-state index in [1.807, 2.05) is 42.5 Å². The Labute approximate surface area is 570 Å². The van der Waals surface area contributed by atoms with Crippen molar-refractivity contribution in [3.8, 4) is 73.3 Å². The summed E-state index contributed by atoms with van der Waals surface area (Å²) >= 11 is 0. The van der Waals surface area contributed by atoms with Crippen LogP contribution in [0.25, 0.3) is 72.1 Å². The molecule has 6 nitrogen and oxygen atoms in total. The first kappa shape index (κ1) is 51.8. The predicted molar refractivity (Wildman–Crippen MR) is 379 cm³/mol. The molecule has 7 heteroatoms. The predicted octanol–water partition coefficient (Wildman–Crippen LogP) is 22.6. The zero-order chi connectivity index (χ0) is 69.0. The number of anilines is 4. The maximum Gasteiger partial charge on any atom is 0.135 e. The number of aromatic nitrogens is 2. The van der Waals surface area contributed by atoms with E-state index < -0.39 is 24.4 Å². The van der Waals surface area contributed by atoms with Gasteiger partial charge in [0.2, 0.25) is 0 Å². The van der Waals surface area contributed by atoms with E-state index in [4.69, 9.17) is 21.3 Å². The fourth-order valence-corrected chi connectivity index (χ4v) is 14.0. The van der Waals surface area contributed by atoms with E-state index in [-0.39, 0.29) is 77.4 Å². The molecule has 0 radical (unpaired) electrons. The van der Waals surface area contributed by atoms with Gasteiger partial charge in [0.25, 0.3) is 0 Å². The third-order valence-electron chi connectivity index (χ3n) is 18.7. The van der Waals surface area contributed by atoms with Crippen molar-refractivity contribution in [1.29, 1.82) is 0 Å². The quantitative estimate of drug-likeness (QED) is 0.142. The first-order chi connectivity index (χ1) is 47.3. The zero-order valence-corrected chi connectivity index (χ0v) is 55.6. The van der Waals surface area contributed by atoms with Crippen molar-refractivity contribution in [2.75, 3.05) is 9.80 Å². The molecule has 2 aliphatic heterocycles. The molecule has 0 unspecified atom stereocenters. The van der Waals surface area contributed by atoms with E-state index in [1.54, 1.807) is 16.7 Å². The van der Waals surface area contributed by atoms with Crippen molar-refractivity contribution < 1.29 is 40.1 Å². The summed E-state index contributed by atoms with van der Waals surface area (Å²) in [5.74, 6) is 2.42. The third kappa shape index (κ3) is 9.82. The number of para-hydroxylation sites is 6. The van der Waals surface area contributed by atoms with Crippen molar-refractivity contribution in [3.63, 3.8) is 0 Å². The van der Waals surface area contributed by atoms with Crippen LogP contribution >= 0.6 is 0 Å². The Morgan fingerprint density at radius 3 is 1.78 bits per heavy atom. The van der Waals surface area contributed by atoms with Gasteiger partial charge in [-0.05, 0) is 132 Å². The summed E-state index contributed by atoms with van der Waals surface area (Å²) < 4.78 is 77.7. The molecule has 0 N–H and O–H groups in total. The van der Waals surface area contributed by atoms with Crippen molar-refractivity contribution in [3.05, 3.63) is 306 Å². The SMILES string of the molecule is [2H]c1c([2H])c([2H])c2c(c1[2H])c1ccc(Oc3[c-]c(N4[CH-]N(c5c(-c6cc(C(C)(C)C)cc(C(C)(C)C)c6)cccc5-c5ccc6c(c5)C5(c7ccccc7Oc7ccccc75)c5ccccc5-6)c5ccccc54)ccc3)[c-]c1n2-c1cc(C([2H])([2H])[2H])c(-c2ccc(C(C)(C)C)cc2)cn1.[Pt]. The second kappa shape index (κ2) is 22.2. The van der Waals surface area contributed by atoms with Gasteiger partial charge in [0, 0.05) is 93.3 Å². The molecule has 1 spiro atoms. The summed E-state index contributed by atoms with van der Waals surface area (Å²) in [6, 6.07) is 79.2. The maximum atomic E-state index is 9.32. The van der Waals surface area contributed by atoms with Gasteiger partial charge in [-0.25, -0.2) is 4.98 Å². The number of aryl methyl sites for hydroxylation is 1. The summed E-state index contributed by atoms with van der Waals surface area (Å²) in [7, 11) is 0. The van der Waals surface area contributed by atoms with Crippen LogP contribution in [-0.2, 0) is 42.7 Å². The fraction of sp³-hybridized carbons (Fsp3) is 0.163. The van der Waals surface area contributed by atoms with E-state index in [1.165, 1.54) is 45.6 Å². The Balaban J connectivity index is 0.00000812. The molecule has 0 bridgehead atoms. The largest absolute Gasteiger partial charge is 0.509 e. The van der Waals surface area contributed by atoms with Crippen LogP contribution < -0.4 is 19.3 Å². The fourth-order valence-electron chi connectivity index (χ4n) is 14.0. The number of pyridine rings is 1. The smallest absolute Gasteiger partial charge is 0.135 e. The number of hydrogen-bond acceptors (Lipinski definition) is 5. The molecule has 16 rings (SSSR count). The zero-order valence-electron chi connectivity index (χ0n) is 60.3. The average Bonchev–Trinajstić information content (AvgIpc) is 1.50. The molecule has 2 aromatic heterocycles. The number of ether oxygens (including phenoxy) is 2. The second-order valence-electron chi connectivity index (χ2n) is 27.6. The van der Waals surface area contributed by atoms with Crippen LogP contribution in [0.5, 0.6) is 23.0 Å². The Morgan fingerprint density at radius 1 is 0.495 bits per heavy atom. The standard InChI is InChI=1S/C86H71N4O2.Pt/c1-54-45-81(87-52-70(54)55-37-40-58(41-38-55)83(2,3)4)90-75-32-16-12-26-68(75)69-44-42-63(51-78(69)90)91-62-24-21-23-61(50-62)88-53-89(77-34-18-17-33-76(77)88)82-64(27-22-28-65(82)57-46-59(84(5,6)7)49-60(47-57)85(8,9)10)56-39-43-67-66-25-11-13-29-71(66)86(74(67)48-56)72-30-14-19-35-79(72)92-80-36-20-15-31-73(80)86;/h11-49,52-53H,1-10H3;/q-3;/i1D3,12D,16D,26D,32D;. The van der Waals surface area contributed by atoms with Gasteiger partial charge in [0.15, 0.2) is 0 Å². The number of benzene rings is 11. The minimum Gasteiger partial charge on any atom is -0.509 e. The van der Waals surface area contributed by atoms with Crippen LogP contribution in [0.2, 0.25) is 0 Å². The molecule has 0 saturated carbocycles. The molecule has 3 aliphatic rings. The molecule has 11 aromatic carbocycles. The van der Waals surface area contributed by atoms with Crippen LogP contribution in [0.15, 0.2) is 243 Å². The Kier molecular flexibility index (Phi) is 12.4. The minimum atomic E-state index is -2.59. The van der Waals surface area contributed by atoms with Gasteiger partial charge in [-0.1, -0.05) is 232 Å². The summed E-state index contributed by atoms with van der Waals surface area (Å²) in [4.78, 5) is 9.35. The maximum absolute atomic E-state index is 9.32. The van der Waals surface area contributed by atoms with Gasteiger partial charge < -0.3 is 23.8 Å². The minimum absolute atomic E-state index is 0. The molecule has 460 valence electrons. The first-order valence-corrected chi connectivity index (χ1v) is 31.5. The third-order valence-corrected chi connectivity index (χ3v) is 18.7. The molecule has 93 heavy (non-hydrogen) atoms.